The van der Waals surface area contributed by atoms with Crippen LogP contribution >= 0.6 is 0 Å². The highest BCUT2D eigenvalue weighted by Crippen LogP contribution is 2.08. The number of H-pyrrole nitrogens is 1. The van der Waals surface area contributed by atoms with Gasteiger partial charge in [-0.1, -0.05) is 6.92 Å². The topological polar surface area (TPSA) is 81.4 Å². The molecule has 0 saturated carbocycles. The van der Waals surface area contributed by atoms with E-state index >= 15 is 0 Å². The Bertz CT molecular complexity index is 854. The van der Waals surface area contributed by atoms with Gasteiger partial charge in [-0.2, -0.15) is 10.2 Å². The van der Waals surface area contributed by atoms with E-state index in [0.29, 0.717) is 16.9 Å². The second-order valence-electron chi connectivity index (χ2n) is 4.77. The highest BCUT2D eigenvalue weighted by atomic mass is 16.1. The van der Waals surface area contributed by atoms with Crippen molar-refractivity contribution in [3.8, 4) is 0 Å². The van der Waals surface area contributed by atoms with Gasteiger partial charge in [-0.05, 0) is 24.6 Å². The molecule has 0 saturated heterocycles. The molecule has 0 aliphatic rings. The van der Waals surface area contributed by atoms with Crippen LogP contribution in [-0.2, 0) is 13.6 Å². The van der Waals surface area contributed by atoms with E-state index in [1.165, 1.54) is 6.20 Å². The third kappa shape index (κ3) is 2.49. The van der Waals surface area contributed by atoms with Crippen molar-refractivity contribution in [3.05, 3.63) is 40.3 Å². The van der Waals surface area contributed by atoms with Crippen molar-refractivity contribution in [2.75, 3.05) is 0 Å². The van der Waals surface area contributed by atoms with E-state index < -0.39 is 0 Å². The molecule has 3 heterocycles. The maximum absolute atomic E-state index is 11.9. The van der Waals surface area contributed by atoms with Crippen LogP contribution < -0.4 is 5.56 Å². The molecular weight excluding hydrogens is 268 g/mol. The van der Waals surface area contributed by atoms with E-state index in [1.54, 1.807) is 24.0 Å². The molecule has 3 aromatic heterocycles. The summed E-state index contributed by atoms with van der Waals surface area (Å²) in [5.41, 5.74) is 1.36. The molecule has 0 fully saturated rings. The van der Waals surface area contributed by atoms with Crippen molar-refractivity contribution in [2.24, 2.45) is 7.05 Å². The van der Waals surface area contributed by atoms with Crippen molar-refractivity contribution in [3.63, 3.8) is 0 Å². The van der Waals surface area contributed by atoms with E-state index in [-0.39, 0.29) is 5.56 Å². The quantitative estimate of drug-likeness (QED) is 0.786. The van der Waals surface area contributed by atoms with Gasteiger partial charge in [-0.3, -0.25) is 14.2 Å². The van der Waals surface area contributed by atoms with Crippen LogP contribution in [0.25, 0.3) is 23.2 Å². The van der Waals surface area contributed by atoms with Gasteiger partial charge in [-0.25, -0.2) is 4.98 Å². The molecule has 3 rings (SSSR count). The summed E-state index contributed by atoms with van der Waals surface area (Å²) in [6, 6.07) is 1.92. The maximum atomic E-state index is 11.9. The van der Waals surface area contributed by atoms with E-state index in [9.17, 15) is 4.79 Å². The number of aromatic nitrogens is 6. The predicted molar refractivity (Wildman–Crippen MR) is 80.6 cm³/mol. The predicted octanol–water partition coefficient (Wildman–Crippen LogP) is 1.43. The summed E-state index contributed by atoms with van der Waals surface area (Å²) in [5.74, 6) is 0.500. The molecule has 3 aromatic rings. The van der Waals surface area contributed by atoms with Gasteiger partial charge in [0.2, 0.25) is 0 Å². The van der Waals surface area contributed by atoms with Gasteiger partial charge in [0, 0.05) is 19.8 Å². The van der Waals surface area contributed by atoms with Crippen molar-refractivity contribution in [1.29, 1.82) is 0 Å². The molecule has 21 heavy (non-hydrogen) atoms. The lowest BCUT2D eigenvalue weighted by atomic mass is 10.3. The third-order valence-corrected chi connectivity index (χ3v) is 3.22. The van der Waals surface area contributed by atoms with Crippen molar-refractivity contribution in [2.45, 2.75) is 19.9 Å². The first-order valence-corrected chi connectivity index (χ1v) is 6.81. The zero-order chi connectivity index (χ0) is 14.8. The summed E-state index contributed by atoms with van der Waals surface area (Å²) in [4.78, 5) is 19.1. The normalized spacial score (nSPS) is 11.7. The molecule has 0 bridgehead atoms. The zero-order valence-electron chi connectivity index (χ0n) is 11.9. The van der Waals surface area contributed by atoms with Crippen LogP contribution in [-0.4, -0.2) is 29.5 Å². The highest BCUT2D eigenvalue weighted by Gasteiger charge is 2.06. The van der Waals surface area contributed by atoms with Crippen LogP contribution in [0.3, 0.4) is 0 Å². The van der Waals surface area contributed by atoms with E-state index in [4.69, 9.17) is 0 Å². The summed E-state index contributed by atoms with van der Waals surface area (Å²) in [6.45, 7) is 2.96. The van der Waals surface area contributed by atoms with Gasteiger partial charge < -0.3 is 4.98 Å². The Kier molecular flexibility index (Phi) is 3.39. The zero-order valence-corrected chi connectivity index (χ0v) is 11.9. The molecule has 0 spiro atoms. The number of hydrogen-bond acceptors (Lipinski definition) is 4. The van der Waals surface area contributed by atoms with Crippen LogP contribution in [0.15, 0.2) is 23.3 Å². The van der Waals surface area contributed by atoms with E-state index in [1.807, 2.05) is 16.8 Å². The lowest BCUT2D eigenvalue weighted by Gasteiger charge is -2.01. The SMILES string of the molecule is CCCn1nccc1C=Cc1nc2c(cnn2C)c(=O)[nH]1. The summed E-state index contributed by atoms with van der Waals surface area (Å²) >= 11 is 0. The minimum Gasteiger partial charge on any atom is -0.306 e. The highest BCUT2D eigenvalue weighted by molar-refractivity contribution is 5.75. The average molecular weight is 284 g/mol. The largest absolute Gasteiger partial charge is 0.306 e. The number of hydrogen-bond donors (Lipinski definition) is 1. The molecule has 7 heteroatoms. The van der Waals surface area contributed by atoms with E-state index in [2.05, 4.69) is 27.1 Å². The summed E-state index contributed by atoms with van der Waals surface area (Å²) in [5, 5.41) is 8.78. The fourth-order valence-electron chi connectivity index (χ4n) is 2.18. The molecule has 0 atom stereocenters. The van der Waals surface area contributed by atoms with Crippen molar-refractivity contribution in [1.82, 2.24) is 29.5 Å². The van der Waals surface area contributed by atoms with Crippen LogP contribution in [0.5, 0.6) is 0 Å². The fraction of sp³-hybridized carbons (Fsp3) is 0.286. The van der Waals surface area contributed by atoms with Gasteiger partial charge in [0.05, 0.1) is 11.9 Å². The molecule has 7 nitrogen and oxygen atoms in total. The Morgan fingerprint density at radius 2 is 2.19 bits per heavy atom. The van der Waals surface area contributed by atoms with Gasteiger partial charge in [0.25, 0.3) is 5.56 Å². The summed E-state index contributed by atoms with van der Waals surface area (Å²) in [6.07, 6.45) is 7.96. The second kappa shape index (κ2) is 5.35. The fourth-order valence-corrected chi connectivity index (χ4v) is 2.18. The number of nitrogens with zero attached hydrogens (tertiary/aromatic N) is 5. The molecule has 0 amide bonds. The third-order valence-electron chi connectivity index (χ3n) is 3.22. The molecule has 0 aliphatic carbocycles. The average Bonchev–Trinajstić information content (AvgIpc) is 3.05. The summed E-state index contributed by atoms with van der Waals surface area (Å²) in [7, 11) is 1.76. The Hall–Kier alpha value is -2.70. The van der Waals surface area contributed by atoms with Crippen LogP contribution in [0.4, 0.5) is 0 Å². The van der Waals surface area contributed by atoms with Gasteiger partial charge in [-0.15, -0.1) is 0 Å². The number of aryl methyl sites for hydroxylation is 2. The Morgan fingerprint density at radius 1 is 1.33 bits per heavy atom. The van der Waals surface area contributed by atoms with Gasteiger partial charge in [0.1, 0.15) is 11.2 Å². The Labute approximate surface area is 120 Å². The Balaban J connectivity index is 1.97. The minimum absolute atomic E-state index is 0.185. The minimum atomic E-state index is -0.185. The lowest BCUT2D eigenvalue weighted by molar-refractivity contribution is 0.598. The Morgan fingerprint density at radius 3 is 3.00 bits per heavy atom. The van der Waals surface area contributed by atoms with Crippen LogP contribution in [0.2, 0.25) is 0 Å². The molecule has 0 aromatic carbocycles. The molecule has 1 N–H and O–H groups in total. The van der Waals surface area contributed by atoms with Crippen LogP contribution in [0.1, 0.15) is 24.9 Å². The number of fused-ring (bicyclic) bond motifs is 1. The van der Waals surface area contributed by atoms with Gasteiger partial charge in [0.15, 0.2) is 5.65 Å². The molecule has 108 valence electrons. The van der Waals surface area contributed by atoms with Crippen molar-refractivity contribution < 1.29 is 0 Å². The molecule has 0 aliphatic heterocycles. The van der Waals surface area contributed by atoms with Gasteiger partial charge >= 0.3 is 0 Å². The molecular formula is C14H16N6O. The number of nitrogens with one attached hydrogen (secondary N) is 1. The number of rotatable bonds is 4. The monoisotopic (exact) mass is 284 g/mol. The molecule has 0 unspecified atom stereocenters. The number of aromatic amines is 1. The second-order valence-corrected chi connectivity index (χ2v) is 4.77. The first-order valence-electron chi connectivity index (χ1n) is 6.81. The first-order chi connectivity index (χ1) is 10.2. The van der Waals surface area contributed by atoms with E-state index in [0.717, 1.165) is 18.7 Å². The maximum Gasteiger partial charge on any atom is 0.262 e. The smallest absolute Gasteiger partial charge is 0.262 e. The first kappa shape index (κ1) is 13.3. The van der Waals surface area contributed by atoms with Crippen LogP contribution in [0, 0.1) is 0 Å². The summed E-state index contributed by atoms with van der Waals surface area (Å²) < 4.78 is 3.50. The van der Waals surface area contributed by atoms with Crippen molar-refractivity contribution >= 4 is 23.2 Å². The lowest BCUT2D eigenvalue weighted by Crippen LogP contribution is -2.09. The molecule has 0 radical (unpaired) electrons. The standard InChI is InChI=1S/C14H16N6O/c1-3-8-20-10(6-7-15-20)4-5-12-17-13-11(14(21)18-12)9-16-19(13)2/h4-7,9H,3,8H2,1-2H3,(H,17,18,21).